The summed E-state index contributed by atoms with van der Waals surface area (Å²) in [6.45, 7) is 4.60. The number of nitrogens with one attached hydrogen (secondary N) is 1. The summed E-state index contributed by atoms with van der Waals surface area (Å²) >= 11 is 0. The van der Waals surface area contributed by atoms with Gasteiger partial charge in [-0.15, -0.1) is 0 Å². The molecule has 88 valence electrons. The maximum Gasteiger partial charge on any atom is 0.260 e. The van der Waals surface area contributed by atoms with E-state index >= 15 is 0 Å². The molecule has 3 N–H and O–H groups in total. The van der Waals surface area contributed by atoms with E-state index in [1.807, 2.05) is 31.2 Å². The zero-order chi connectivity index (χ0) is 12.0. The molecule has 0 aliphatic rings. The van der Waals surface area contributed by atoms with Gasteiger partial charge in [-0.25, -0.2) is 0 Å². The SMILES string of the molecule is Cc1cccc(OC(C)C(=O)NCCN)c1. The molecule has 0 saturated carbocycles. The van der Waals surface area contributed by atoms with Crippen LogP contribution in [0.3, 0.4) is 0 Å². The smallest absolute Gasteiger partial charge is 0.260 e. The molecule has 1 amide bonds. The Bertz CT molecular complexity index is 353. The van der Waals surface area contributed by atoms with Crippen molar-refractivity contribution in [3.8, 4) is 5.75 Å². The summed E-state index contributed by atoms with van der Waals surface area (Å²) in [7, 11) is 0. The van der Waals surface area contributed by atoms with Crippen LogP contribution in [0.2, 0.25) is 0 Å². The molecule has 4 nitrogen and oxygen atoms in total. The van der Waals surface area contributed by atoms with Gasteiger partial charge in [0.15, 0.2) is 6.10 Å². The number of aryl methyl sites for hydroxylation is 1. The lowest BCUT2D eigenvalue weighted by Crippen LogP contribution is -2.38. The van der Waals surface area contributed by atoms with E-state index in [9.17, 15) is 4.79 Å². The van der Waals surface area contributed by atoms with Crippen molar-refractivity contribution >= 4 is 5.91 Å². The third kappa shape index (κ3) is 3.90. The predicted molar refractivity (Wildman–Crippen MR) is 63.3 cm³/mol. The summed E-state index contributed by atoms with van der Waals surface area (Å²) in [5, 5.41) is 2.68. The number of benzene rings is 1. The van der Waals surface area contributed by atoms with Gasteiger partial charge < -0.3 is 15.8 Å². The molecule has 0 aliphatic carbocycles. The summed E-state index contributed by atoms with van der Waals surface area (Å²) < 4.78 is 5.50. The number of carbonyl (C=O) groups excluding carboxylic acids is 1. The molecule has 0 bridgehead atoms. The lowest BCUT2D eigenvalue weighted by Gasteiger charge is -2.14. The molecule has 0 spiro atoms. The molecular weight excluding hydrogens is 204 g/mol. The predicted octanol–water partition coefficient (Wildman–Crippen LogP) is 0.837. The van der Waals surface area contributed by atoms with Gasteiger partial charge in [0.25, 0.3) is 5.91 Å². The van der Waals surface area contributed by atoms with Gasteiger partial charge in [-0.05, 0) is 31.5 Å². The molecular formula is C12H18N2O2. The van der Waals surface area contributed by atoms with Crippen molar-refractivity contribution in [1.29, 1.82) is 0 Å². The van der Waals surface area contributed by atoms with Crippen LogP contribution >= 0.6 is 0 Å². The number of rotatable bonds is 5. The largest absolute Gasteiger partial charge is 0.481 e. The molecule has 0 heterocycles. The maximum absolute atomic E-state index is 11.5. The second-order valence-electron chi connectivity index (χ2n) is 3.66. The number of nitrogens with two attached hydrogens (primary N) is 1. The van der Waals surface area contributed by atoms with Crippen LogP contribution in [-0.4, -0.2) is 25.1 Å². The molecule has 1 aromatic rings. The Balaban J connectivity index is 2.50. The number of hydrogen-bond acceptors (Lipinski definition) is 3. The van der Waals surface area contributed by atoms with E-state index in [4.69, 9.17) is 10.5 Å². The summed E-state index contributed by atoms with van der Waals surface area (Å²) in [6.07, 6.45) is -0.506. The molecule has 1 rings (SSSR count). The standard InChI is InChI=1S/C12H18N2O2/c1-9-4-3-5-11(8-9)16-10(2)12(15)14-7-6-13/h3-5,8,10H,6-7,13H2,1-2H3,(H,14,15). The first-order chi connectivity index (χ1) is 7.63. The lowest BCUT2D eigenvalue weighted by atomic mass is 10.2. The van der Waals surface area contributed by atoms with Gasteiger partial charge in [-0.3, -0.25) is 4.79 Å². The normalized spacial score (nSPS) is 11.9. The number of hydrogen-bond donors (Lipinski definition) is 2. The average molecular weight is 222 g/mol. The highest BCUT2D eigenvalue weighted by Gasteiger charge is 2.13. The molecule has 0 radical (unpaired) electrons. The molecule has 4 heteroatoms. The monoisotopic (exact) mass is 222 g/mol. The summed E-state index contributed by atoms with van der Waals surface area (Å²) in [5.41, 5.74) is 6.40. The molecule has 0 aliphatic heterocycles. The fourth-order valence-electron chi connectivity index (χ4n) is 1.29. The number of carbonyl (C=O) groups is 1. The Morgan fingerprint density at radius 1 is 1.56 bits per heavy atom. The highest BCUT2D eigenvalue weighted by atomic mass is 16.5. The topological polar surface area (TPSA) is 64.3 Å². The van der Waals surface area contributed by atoms with Gasteiger partial charge in [0.05, 0.1) is 0 Å². The van der Waals surface area contributed by atoms with Crippen LogP contribution in [0.4, 0.5) is 0 Å². The van der Waals surface area contributed by atoms with Crippen LogP contribution in [0.25, 0.3) is 0 Å². The Morgan fingerprint density at radius 3 is 2.94 bits per heavy atom. The van der Waals surface area contributed by atoms with Crippen molar-refractivity contribution in [2.45, 2.75) is 20.0 Å². The quantitative estimate of drug-likeness (QED) is 0.776. The van der Waals surface area contributed by atoms with Gasteiger partial charge in [0.2, 0.25) is 0 Å². The molecule has 0 saturated heterocycles. The van der Waals surface area contributed by atoms with Gasteiger partial charge in [-0.1, -0.05) is 12.1 Å². The van der Waals surface area contributed by atoms with Crippen LogP contribution in [0.1, 0.15) is 12.5 Å². The first-order valence-corrected chi connectivity index (χ1v) is 5.34. The van der Waals surface area contributed by atoms with E-state index in [-0.39, 0.29) is 5.91 Å². The van der Waals surface area contributed by atoms with Crippen molar-refractivity contribution in [2.24, 2.45) is 5.73 Å². The van der Waals surface area contributed by atoms with Crippen LogP contribution in [0, 0.1) is 6.92 Å². The van der Waals surface area contributed by atoms with E-state index in [1.165, 1.54) is 0 Å². The first-order valence-electron chi connectivity index (χ1n) is 5.34. The van der Waals surface area contributed by atoms with E-state index in [2.05, 4.69) is 5.32 Å². The first kappa shape index (κ1) is 12.5. The highest BCUT2D eigenvalue weighted by molar-refractivity contribution is 5.80. The van der Waals surface area contributed by atoms with Crippen LogP contribution < -0.4 is 15.8 Å². The summed E-state index contributed by atoms with van der Waals surface area (Å²) in [5.74, 6) is 0.558. The minimum absolute atomic E-state index is 0.146. The Hall–Kier alpha value is -1.55. The minimum Gasteiger partial charge on any atom is -0.481 e. The van der Waals surface area contributed by atoms with Gasteiger partial charge >= 0.3 is 0 Å². The van der Waals surface area contributed by atoms with E-state index in [0.29, 0.717) is 18.8 Å². The lowest BCUT2D eigenvalue weighted by molar-refractivity contribution is -0.127. The second-order valence-corrected chi connectivity index (χ2v) is 3.66. The maximum atomic E-state index is 11.5. The van der Waals surface area contributed by atoms with E-state index in [0.717, 1.165) is 5.56 Å². The average Bonchev–Trinajstić information content (AvgIpc) is 2.25. The highest BCUT2D eigenvalue weighted by Crippen LogP contribution is 2.13. The Labute approximate surface area is 95.8 Å². The Kier molecular flexibility index (Phi) is 4.79. The van der Waals surface area contributed by atoms with Gasteiger partial charge in [-0.2, -0.15) is 0 Å². The molecule has 0 fully saturated rings. The fourth-order valence-corrected chi connectivity index (χ4v) is 1.29. The van der Waals surface area contributed by atoms with Crippen LogP contribution in [-0.2, 0) is 4.79 Å². The van der Waals surface area contributed by atoms with Gasteiger partial charge in [0, 0.05) is 13.1 Å². The third-order valence-corrected chi connectivity index (χ3v) is 2.12. The second kappa shape index (κ2) is 6.12. The zero-order valence-corrected chi connectivity index (χ0v) is 9.69. The summed E-state index contributed by atoms with van der Waals surface area (Å²) in [6, 6.07) is 7.60. The molecule has 0 aromatic heterocycles. The van der Waals surface area contributed by atoms with Crippen molar-refractivity contribution in [3.05, 3.63) is 29.8 Å². The molecule has 1 aromatic carbocycles. The summed E-state index contributed by atoms with van der Waals surface area (Å²) in [4.78, 5) is 11.5. The third-order valence-electron chi connectivity index (χ3n) is 2.12. The molecule has 1 atom stereocenters. The minimum atomic E-state index is -0.506. The zero-order valence-electron chi connectivity index (χ0n) is 9.69. The Morgan fingerprint density at radius 2 is 2.31 bits per heavy atom. The van der Waals surface area contributed by atoms with Gasteiger partial charge in [0.1, 0.15) is 5.75 Å². The van der Waals surface area contributed by atoms with Crippen LogP contribution in [0.5, 0.6) is 5.75 Å². The van der Waals surface area contributed by atoms with Crippen LogP contribution in [0.15, 0.2) is 24.3 Å². The van der Waals surface area contributed by atoms with Crippen molar-refractivity contribution in [1.82, 2.24) is 5.32 Å². The van der Waals surface area contributed by atoms with E-state index < -0.39 is 6.10 Å². The van der Waals surface area contributed by atoms with E-state index in [1.54, 1.807) is 6.92 Å². The number of amides is 1. The molecule has 16 heavy (non-hydrogen) atoms. The van der Waals surface area contributed by atoms with Crippen molar-refractivity contribution < 1.29 is 9.53 Å². The fraction of sp³-hybridized carbons (Fsp3) is 0.417. The molecule has 1 unspecified atom stereocenters. The van der Waals surface area contributed by atoms with Crippen molar-refractivity contribution in [3.63, 3.8) is 0 Å². The number of ether oxygens (including phenoxy) is 1. The van der Waals surface area contributed by atoms with Crippen molar-refractivity contribution in [2.75, 3.05) is 13.1 Å².